The van der Waals surface area contributed by atoms with Crippen molar-refractivity contribution < 1.29 is 4.79 Å². The molecule has 0 radical (unpaired) electrons. The highest BCUT2D eigenvalue weighted by Crippen LogP contribution is 2.16. The van der Waals surface area contributed by atoms with Crippen LogP contribution in [0.3, 0.4) is 0 Å². The molecule has 6 nitrogen and oxygen atoms in total. The van der Waals surface area contributed by atoms with Crippen LogP contribution in [-0.4, -0.2) is 33.8 Å². The van der Waals surface area contributed by atoms with Crippen LogP contribution in [0.5, 0.6) is 0 Å². The minimum Gasteiger partial charge on any atom is -0.316 e. The van der Waals surface area contributed by atoms with Crippen LogP contribution in [0.15, 0.2) is 61.1 Å². The molecular weight excluding hydrogens is 350 g/mol. The highest BCUT2D eigenvalue weighted by molar-refractivity contribution is 5.91. The third-order valence-electron chi connectivity index (χ3n) is 5.11. The molecule has 28 heavy (non-hydrogen) atoms. The third kappa shape index (κ3) is 4.84. The molecule has 6 heteroatoms. The van der Waals surface area contributed by atoms with Crippen molar-refractivity contribution in [3.63, 3.8) is 0 Å². The molecule has 2 aromatic heterocycles. The fourth-order valence-corrected chi connectivity index (χ4v) is 3.62. The first-order valence-electron chi connectivity index (χ1n) is 9.75. The van der Waals surface area contributed by atoms with Gasteiger partial charge in [-0.25, -0.2) is 4.68 Å². The fraction of sp³-hybridized carbons (Fsp3) is 0.318. The van der Waals surface area contributed by atoms with Gasteiger partial charge in [0, 0.05) is 18.5 Å². The Morgan fingerprint density at radius 3 is 2.71 bits per heavy atom. The van der Waals surface area contributed by atoms with E-state index >= 15 is 0 Å². The Hall–Kier alpha value is -2.99. The molecule has 1 saturated heterocycles. The number of nitrogens with zero attached hydrogens (tertiary/aromatic N) is 3. The molecule has 0 spiro atoms. The second-order valence-corrected chi connectivity index (χ2v) is 7.34. The van der Waals surface area contributed by atoms with Gasteiger partial charge in [-0.05, 0) is 54.6 Å². The summed E-state index contributed by atoms with van der Waals surface area (Å²) in [5, 5.41) is 10.7. The van der Waals surface area contributed by atoms with Crippen molar-refractivity contribution >= 4 is 11.7 Å². The molecule has 1 aliphatic heterocycles. The molecule has 1 atom stereocenters. The number of hydrogen-bond acceptors (Lipinski definition) is 4. The van der Waals surface area contributed by atoms with Crippen molar-refractivity contribution in [3.05, 3.63) is 77.7 Å². The third-order valence-corrected chi connectivity index (χ3v) is 5.11. The molecule has 1 amide bonds. The second-order valence-electron chi connectivity index (χ2n) is 7.34. The molecule has 1 aliphatic rings. The van der Waals surface area contributed by atoms with Gasteiger partial charge in [0.05, 0.1) is 19.2 Å². The Balaban J connectivity index is 1.32. The first kappa shape index (κ1) is 18.4. The number of amides is 1. The van der Waals surface area contributed by atoms with Gasteiger partial charge in [-0.2, -0.15) is 5.10 Å². The monoisotopic (exact) mass is 375 g/mol. The van der Waals surface area contributed by atoms with Gasteiger partial charge in [0.15, 0.2) is 0 Å². The summed E-state index contributed by atoms with van der Waals surface area (Å²) in [4.78, 5) is 16.6. The van der Waals surface area contributed by atoms with Crippen LogP contribution in [0.1, 0.15) is 23.1 Å². The number of anilines is 1. The lowest BCUT2D eigenvalue weighted by Crippen LogP contribution is -2.18. The van der Waals surface area contributed by atoms with Crippen LogP contribution in [0.2, 0.25) is 0 Å². The zero-order valence-corrected chi connectivity index (χ0v) is 15.8. The Bertz CT molecular complexity index is 898. The molecule has 1 aromatic carbocycles. The van der Waals surface area contributed by atoms with Gasteiger partial charge in [0.25, 0.3) is 0 Å². The van der Waals surface area contributed by atoms with Crippen LogP contribution < -0.4 is 10.6 Å². The lowest BCUT2D eigenvalue weighted by molar-refractivity contribution is -0.115. The fourth-order valence-electron chi connectivity index (χ4n) is 3.62. The number of carbonyl (C=O) groups is 1. The Morgan fingerprint density at radius 2 is 1.96 bits per heavy atom. The molecule has 2 N–H and O–H groups in total. The summed E-state index contributed by atoms with van der Waals surface area (Å²) in [6, 6.07) is 14.1. The molecule has 144 valence electrons. The first-order valence-corrected chi connectivity index (χ1v) is 9.75. The molecule has 3 aromatic rings. The van der Waals surface area contributed by atoms with Crippen molar-refractivity contribution in [3.8, 4) is 0 Å². The van der Waals surface area contributed by atoms with E-state index in [9.17, 15) is 4.79 Å². The smallest absolute Gasteiger partial charge is 0.229 e. The van der Waals surface area contributed by atoms with E-state index in [1.54, 1.807) is 23.3 Å². The van der Waals surface area contributed by atoms with E-state index in [-0.39, 0.29) is 5.91 Å². The zero-order chi connectivity index (χ0) is 19.2. The van der Waals surface area contributed by atoms with E-state index < -0.39 is 0 Å². The van der Waals surface area contributed by atoms with E-state index in [4.69, 9.17) is 0 Å². The van der Waals surface area contributed by atoms with Crippen LogP contribution in [0.4, 0.5) is 5.82 Å². The van der Waals surface area contributed by atoms with Crippen LogP contribution in [-0.2, 0) is 24.2 Å². The lowest BCUT2D eigenvalue weighted by Gasteiger charge is -2.10. The number of hydrogen-bond donors (Lipinski definition) is 2. The quantitative estimate of drug-likeness (QED) is 0.666. The van der Waals surface area contributed by atoms with Gasteiger partial charge in [-0.15, -0.1) is 0 Å². The van der Waals surface area contributed by atoms with Gasteiger partial charge in [0.1, 0.15) is 5.82 Å². The summed E-state index contributed by atoms with van der Waals surface area (Å²) in [7, 11) is 0. The topological polar surface area (TPSA) is 71.8 Å². The Labute approximate surface area is 165 Å². The highest BCUT2D eigenvalue weighted by Gasteiger charge is 2.15. The van der Waals surface area contributed by atoms with Gasteiger partial charge in [0.2, 0.25) is 5.91 Å². The van der Waals surface area contributed by atoms with E-state index in [0.29, 0.717) is 18.8 Å². The predicted octanol–water partition coefficient (Wildman–Crippen LogP) is 2.66. The molecule has 0 aliphatic carbocycles. The summed E-state index contributed by atoms with van der Waals surface area (Å²) in [5.41, 5.74) is 3.39. The Kier molecular flexibility index (Phi) is 5.77. The van der Waals surface area contributed by atoms with E-state index in [2.05, 4.69) is 45.0 Å². The van der Waals surface area contributed by atoms with Crippen molar-refractivity contribution in [2.75, 3.05) is 18.4 Å². The number of carbonyl (C=O) groups excluding carboxylic acids is 1. The lowest BCUT2D eigenvalue weighted by atomic mass is 9.97. The number of pyridine rings is 1. The summed E-state index contributed by atoms with van der Waals surface area (Å²) < 4.78 is 1.77. The summed E-state index contributed by atoms with van der Waals surface area (Å²) >= 11 is 0. The maximum Gasteiger partial charge on any atom is 0.229 e. The van der Waals surface area contributed by atoms with Gasteiger partial charge >= 0.3 is 0 Å². The minimum atomic E-state index is -0.0410. The average molecular weight is 375 g/mol. The summed E-state index contributed by atoms with van der Waals surface area (Å²) in [6.07, 6.45) is 7.94. The molecule has 1 fully saturated rings. The largest absolute Gasteiger partial charge is 0.316 e. The maximum absolute atomic E-state index is 12.5. The van der Waals surface area contributed by atoms with E-state index in [1.165, 1.54) is 12.0 Å². The number of nitrogens with one attached hydrogen (secondary N) is 2. The number of benzene rings is 1. The van der Waals surface area contributed by atoms with Gasteiger partial charge in [-0.1, -0.05) is 30.3 Å². The molecule has 0 saturated carbocycles. The van der Waals surface area contributed by atoms with Crippen molar-refractivity contribution in [2.24, 2.45) is 5.92 Å². The standard InChI is InChI=1S/C22H25N5O/c28-22(13-18-5-3-17(4-6-18)12-19-7-10-24-14-19)26-21-8-11-25-27(21)16-20-2-1-9-23-15-20/h1-6,8-9,11,15,19,24H,7,10,12-14,16H2,(H,26,28). The summed E-state index contributed by atoms with van der Waals surface area (Å²) in [6.45, 7) is 2.80. The minimum absolute atomic E-state index is 0.0410. The molecule has 4 rings (SSSR count). The van der Waals surface area contributed by atoms with Crippen LogP contribution in [0.25, 0.3) is 0 Å². The van der Waals surface area contributed by atoms with Gasteiger partial charge < -0.3 is 10.6 Å². The molecular formula is C22H25N5O. The average Bonchev–Trinajstić information content (AvgIpc) is 3.37. The molecule has 1 unspecified atom stereocenters. The maximum atomic E-state index is 12.5. The second kappa shape index (κ2) is 8.80. The summed E-state index contributed by atoms with van der Waals surface area (Å²) in [5.74, 6) is 1.38. The normalized spacial score (nSPS) is 16.2. The van der Waals surface area contributed by atoms with Crippen molar-refractivity contribution in [1.29, 1.82) is 0 Å². The van der Waals surface area contributed by atoms with E-state index in [1.807, 2.05) is 18.2 Å². The van der Waals surface area contributed by atoms with Crippen LogP contribution >= 0.6 is 0 Å². The SMILES string of the molecule is O=C(Cc1ccc(CC2CCNC2)cc1)Nc1ccnn1Cc1cccnc1. The van der Waals surface area contributed by atoms with Crippen molar-refractivity contribution in [1.82, 2.24) is 20.1 Å². The molecule has 3 heterocycles. The Morgan fingerprint density at radius 1 is 1.11 bits per heavy atom. The van der Waals surface area contributed by atoms with Crippen LogP contribution in [0, 0.1) is 5.92 Å². The first-order chi connectivity index (χ1) is 13.8. The zero-order valence-electron chi connectivity index (χ0n) is 15.8. The molecule has 0 bridgehead atoms. The van der Waals surface area contributed by atoms with Crippen molar-refractivity contribution in [2.45, 2.75) is 25.8 Å². The number of rotatable bonds is 7. The van der Waals surface area contributed by atoms with Gasteiger partial charge in [-0.3, -0.25) is 9.78 Å². The van der Waals surface area contributed by atoms with E-state index in [0.717, 1.165) is 36.6 Å². The predicted molar refractivity (Wildman–Crippen MR) is 109 cm³/mol. The highest BCUT2D eigenvalue weighted by atomic mass is 16.1. The number of aromatic nitrogens is 3.